The van der Waals surface area contributed by atoms with Gasteiger partial charge < -0.3 is 15.6 Å². The van der Waals surface area contributed by atoms with Gasteiger partial charge in [0, 0.05) is 17.9 Å². The molecule has 1 amide bonds. The second-order valence-electron chi connectivity index (χ2n) is 4.94. The number of nitrogens with one attached hydrogen (secondary N) is 1. The lowest BCUT2D eigenvalue weighted by atomic mass is 10.2. The summed E-state index contributed by atoms with van der Waals surface area (Å²) in [6.45, 7) is 0.570. The zero-order valence-corrected chi connectivity index (χ0v) is 10.8. The van der Waals surface area contributed by atoms with Gasteiger partial charge in [0.05, 0.1) is 24.1 Å². The van der Waals surface area contributed by atoms with Gasteiger partial charge in [-0.05, 0) is 31.0 Å². The van der Waals surface area contributed by atoms with Gasteiger partial charge in [-0.3, -0.25) is 4.79 Å². The molecule has 104 valence electrons. The summed E-state index contributed by atoms with van der Waals surface area (Å²) in [4.78, 5) is 15.2. The van der Waals surface area contributed by atoms with Crippen molar-refractivity contribution in [3.8, 4) is 0 Å². The smallest absolute Gasteiger partial charge is 0.251 e. The van der Waals surface area contributed by atoms with Crippen LogP contribution in [0.1, 0.15) is 34.9 Å². The van der Waals surface area contributed by atoms with E-state index in [2.05, 4.69) is 14.9 Å². The predicted octanol–water partition coefficient (Wildman–Crippen LogP) is 2.07. The number of hydrogen-bond acceptors (Lipinski definition) is 3. The van der Waals surface area contributed by atoms with Crippen LogP contribution in [0.5, 0.6) is 0 Å². The second-order valence-corrected chi connectivity index (χ2v) is 4.94. The van der Waals surface area contributed by atoms with Gasteiger partial charge in [-0.15, -0.1) is 0 Å². The fourth-order valence-corrected chi connectivity index (χ4v) is 2.17. The van der Waals surface area contributed by atoms with Crippen LogP contribution in [0.25, 0.3) is 0 Å². The topological polar surface area (TPSA) is 72.9 Å². The summed E-state index contributed by atoms with van der Waals surface area (Å²) in [6, 6.07) is 4.80. The molecule has 0 spiro atoms. The van der Waals surface area contributed by atoms with Crippen molar-refractivity contribution in [3.05, 3.63) is 47.8 Å². The number of nitrogens with two attached hydrogens (primary N) is 1. The Morgan fingerprint density at radius 2 is 2.30 bits per heavy atom. The molecule has 3 N–H and O–H groups in total. The van der Waals surface area contributed by atoms with Crippen LogP contribution in [0.15, 0.2) is 30.7 Å². The van der Waals surface area contributed by atoms with E-state index in [9.17, 15) is 9.18 Å². The minimum atomic E-state index is -0.769. The van der Waals surface area contributed by atoms with E-state index in [0.29, 0.717) is 18.3 Å². The van der Waals surface area contributed by atoms with E-state index >= 15 is 0 Å². The minimum Gasteiger partial charge on any atom is -0.379 e. The van der Waals surface area contributed by atoms with Crippen molar-refractivity contribution in [1.82, 2.24) is 9.55 Å². The Morgan fingerprint density at radius 3 is 3.00 bits per heavy atom. The Hall–Kier alpha value is -2.37. The highest BCUT2D eigenvalue weighted by Crippen LogP contribution is 2.35. The second kappa shape index (κ2) is 4.96. The van der Waals surface area contributed by atoms with E-state index < -0.39 is 11.7 Å². The summed E-state index contributed by atoms with van der Waals surface area (Å²) >= 11 is 0. The van der Waals surface area contributed by atoms with Gasteiger partial charge in [-0.25, -0.2) is 9.37 Å². The van der Waals surface area contributed by atoms with Gasteiger partial charge in [0.15, 0.2) is 0 Å². The van der Waals surface area contributed by atoms with Crippen LogP contribution < -0.4 is 11.1 Å². The van der Waals surface area contributed by atoms with Crippen LogP contribution >= 0.6 is 0 Å². The minimum absolute atomic E-state index is 0.106. The molecule has 3 rings (SSSR count). The fraction of sp³-hybridized carbons (Fsp3) is 0.286. The first-order chi connectivity index (χ1) is 9.65. The number of anilines is 1. The average molecular weight is 274 g/mol. The molecular formula is C14H15FN4O. The maximum Gasteiger partial charge on any atom is 0.251 e. The summed E-state index contributed by atoms with van der Waals surface area (Å²) in [5.41, 5.74) is 6.74. The van der Waals surface area contributed by atoms with Gasteiger partial charge in [0.2, 0.25) is 0 Å². The molecule has 0 saturated heterocycles. The molecule has 0 atom stereocenters. The van der Waals surface area contributed by atoms with Gasteiger partial charge >= 0.3 is 0 Å². The maximum atomic E-state index is 13.4. The van der Waals surface area contributed by atoms with Crippen LogP contribution in [0, 0.1) is 5.82 Å². The summed E-state index contributed by atoms with van der Waals surface area (Å²) in [6.07, 6.45) is 6.01. The number of aromatic nitrogens is 2. The lowest BCUT2D eigenvalue weighted by molar-refractivity contribution is 0.0996. The number of benzene rings is 1. The molecule has 1 aliphatic rings. The van der Waals surface area contributed by atoms with Gasteiger partial charge in [0.1, 0.15) is 5.82 Å². The van der Waals surface area contributed by atoms with Gasteiger partial charge in [-0.1, -0.05) is 0 Å². The molecule has 2 aromatic rings. The molecule has 20 heavy (non-hydrogen) atoms. The van der Waals surface area contributed by atoms with E-state index in [-0.39, 0.29) is 5.56 Å². The maximum absolute atomic E-state index is 13.4. The van der Waals surface area contributed by atoms with Crippen molar-refractivity contribution in [3.63, 3.8) is 0 Å². The van der Waals surface area contributed by atoms with E-state index in [4.69, 9.17) is 5.73 Å². The molecular weight excluding hydrogens is 259 g/mol. The van der Waals surface area contributed by atoms with E-state index in [1.165, 1.54) is 25.0 Å². The predicted molar refractivity (Wildman–Crippen MR) is 72.7 cm³/mol. The van der Waals surface area contributed by atoms with Crippen molar-refractivity contribution in [1.29, 1.82) is 0 Å². The number of primary amides is 1. The van der Waals surface area contributed by atoms with E-state index in [1.54, 1.807) is 6.07 Å². The quantitative estimate of drug-likeness (QED) is 0.876. The SMILES string of the molecule is NC(=O)c1cc(NCc2cncn2C2CC2)ccc1F. The van der Waals surface area contributed by atoms with Crippen LogP contribution in [0.4, 0.5) is 10.1 Å². The third kappa shape index (κ3) is 2.49. The Balaban J connectivity index is 1.73. The number of halogens is 1. The molecule has 6 heteroatoms. The molecule has 5 nitrogen and oxygen atoms in total. The first kappa shape index (κ1) is 12.7. The first-order valence-electron chi connectivity index (χ1n) is 6.49. The Kier molecular flexibility index (Phi) is 3.14. The monoisotopic (exact) mass is 274 g/mol. The van der Waals surface area contributed by atoms with E-state index in [1.807, 2.05) is 12.5 Å². The molecule has 0 aliphatic heterocycles. The largest absolute Gasteiger partial charge is 0.379 e. The highest BCUT2D eigenvalue weighted by Gasteiger charge is 2.24. The Morgan fingerprint density at radius 1 is 1.50 bits per heavy atom. The molecule has 1 saturated carbocycles. The first-order valence-corrected chi connectivity index (χ1v) is 6.49. The summed E-state index contributed by atoms with van der Waals surface area (Å²) in [5.74, 6) is -1.37. The van der Waals surface area contributed by atoms with Crippen LogP contribution in [0.3, 0.4) is 0 Å². The molecule has 1 aliphatic carbocycles. The Bertz CT molecular complexity index is 648. The lowest BCUT2D eigenvalue weighted by Crippen LogP contribution is -2.14. The molecule has 0 bridgehead atoms. The third-order valence-electron chi connectivity index (χ3n) is 3.39. The number of rotatable bonds is 5. The molecule has 0 radical (unpaired) electrons. The van der Waals surface area contributed by atoms with Crippen molar-refractivity contribution >= 4 is 11.6 Å². The van der Waals surface area contributed by atoms with Crippen LogP contribution in [-0.4, -0.2) is 15.5 Å². The summed E-state index contributed by atoms with van der Waals surface area (Å²) in [7, 11) is 0. The lowest BCUT2D eigenvalue weighted by Gasteiger charge is -2.10. The zero-order chi connectivity index (χ0) is 14.1. The number of carbonyl (C=O) groups excluding carboxylic acids is 1. The molecule has 1 aromatic carbocycles. The third-order valence-corrected chi connectivity index (χ3v) is 3.39. The fourth-order valence-electron chi connectivity index (χ4n) is 2.17. The van der Waals surface area contributed by atoms with E-state index in [0.717, 1.165) is 5.69 Å². The van der Waals surface area contributed by atoms with Crippen molar-refractivity contribution in [2.45, 2.75) is 25.4 Å². The zero-order valence-electron chi connectivity index (χ0n) is 10.8. The molecule has 0 unspecified atom stereocenters. The van der Waals surface area contributed by atoms with Gasteiger partial charge in [-0.2, -0.15) is 0 Å². The number of hydrogen-bond donors (Lipinski definition) is 2. The highest BCUT2D eigenvalue weighted by molar-refractivity contribution is 5.94. The van der Waals surface area contributed by atoms with Crippen LogP contribution in [0.2, 0.25) is 0 Å². The van der Waals surface area contributed by atoms with Gasteiger partial charge in [0.25, 0.3) is 5.91 Å². The van der Waals surface area contributed by atoms with Crippen molar-refractivity contribution in [2.24, 2.45) is 5.73 Å². The van der Waals surface area contributed by atoms with Crippen molar-refractivity contribution < 1.29 is 9.18 Å². The number of imidazole rings is 1. The number of amides is 1. The molecule has 1 aromatic heterocycles. The summed E-state index contributed by atoms with van der Waals surface area (Å²) < 4.78 is 15.5. The molecule has 1 fully saturated rings. The normalized spacial score (nSPS) is 14.2. The number of nitrogens with zero attached hydrogens (tertiary/aromatic N) is 2. The standard InChI is InChI=1S/C14H15FN4O/c15-13-4-1-9(5-12(13)14(16)20)18-7-11-6-17-8-19(11)10-2-3-10/h1,4-6,8,10,18H,2-3,7H2,(H2,16,20). The number of carbonyl (C=O) groups is 1. The molecule has 1 heterocycles. The highest BCUT2D eigenvalue weighted by atomic mass is 19.1. The average Bonchev–Trinajstić information content (AvgIpc) is 3.16. The van der Waals surface area contributed by atoms with Crippen LogP contribution in [-0.2, 0) is 6.54 Å². The van der Waals surface area contributed by atoms with Crippen molar-refractivity contribution in [2.75, 3.05) is 5.32 Å². The Labute approximate surface area is 115 Å². The summed E-state index contributed by atoms with van der Waals surface area (Å²) in [5, 5.41) is 3.16.